The smallest absolute Gasteiger partial charge is 0.0820 e. The molecule has 2 nitrogen and oxygen atoms in total. The van der Waals surface area contributed by atoms with Crippen LogP contribution in [0.4, 0.5) is 11.4 Å². The highest BCUT2D eigenvalue weighted by Crippen LogP contribution is 2.29. The van der Waals surface area contributed by atoms with Gasteiger partial charge in [-0.2, -0.15) is 0 Å². The minimum absolute atomic E-state index is 0.192. The van der Waals surface area contributed by atoms with E-state index in [4.69, 9.17) is 0 Å². The fourth-order valence-electron chi connectivity index (χ4n) is 2.05. The van der Waals surface area contributed by atoms with E-state index in [1.54, 1.807) is 0 Å². The summed E-state index contributed by atoms with van der Waals surface area (Å²) in [6.07, 6.45) is 0. The summed E-state index contributed by atoms with van der Waals surface area (Å²) < 4.78 is 0. The van der Waals surface area contributed by atoms with Crippen molar-refractivity contribution in [1.82, 2.24) is 0 Å². The summed E-state index contributed by atoms with van der Waals surface area (Å²) in [7, 11) is 0. The number of para-hydroxylation sites is 2. The van der Waals surface area contributed by atoms with E-state index in [2.05, 4.69) is 29.2 Å². The first-order valence-electron chi connectivity index (χ1n) is 7.11. The summed E-state index contributed by atoms with van der Waals surface area (Å²) >= 11 is 0. The Kier molecular flexibility index (Phi) is 4.46. The molecule has 2 aromatic rings. The third kappa shape index (κ3) is 3.40. The Labute approximate surface area is 121 Å². The van der Waals surface area contributed by atoms with Crippen molar-refractivity contribution in [2.45, 2.75) is 26.4 Å². The molecule has 0 heterocycles. The summed E-state index contributed by atoms with van der Waals surface area (Å²) in [5.74, 6) is 0.192. The van der Waals surface area contributed by atoms with Gasteiger partial charge in [-0.15, -0.1) is 0 Å². The van der Waals surface area contributed by atoms with Crippen molar-refractivity contribution in [3.63, 3.8) is 0 Å². The molecule has 0 fully saturated rings. The Balaban J connectivity index is 2.36. The molecule has 0 radical (unpaired) electrons. The summed E-state index contributed by atoms with van der Waals surface area (Å²) in [6, 6.07) is 20.4. The van der Waals surface area contributed by atoms with Gasteiger partial charge in [0.05, 0.1) is 12.1 Å². The second kappa shape index (κ2) is 6.10. The van der Waals surface area contributed by atoms with Crippen molar-refractivity contribution in [3.8, 4) is 0 Å². The Hall–Kier alpha value is -1.80. The van der Waals surface area contributed by atoms with Crippen LogP contribution in [-0.4, -0.2) is 17.3 Å². The van der Waals surface area contributed by atoms with E-state index in [0.717, 1.165) is 11.4 Å². The maximum Gasteiger partial charge on any atom is 0.0820 e. The van der Waals surface area contributed by atoms with Crippen molar-refractivity contribution in [2.24, 2.45) is 5.92 Å². The van der Waals surface area contributed by atoms with Gasteiger partial charge in [-0.3, -0.25) is 0 Å². The van der Waals surface area contributed by atoms with Crippen LogP contribution >= 0.6 is 0 Å². The third-order valence-corrected chi connectivity index (χ3v) is 3.86. The molecule has 0 aliphatic carbocycles. The van der Waals surface area contributed by atoms with Crippen molar-refractivity contribution in [1.29, 1.82) is 0 Å². The van der Waals surface area contributed by atoms with Gasteiger partial charge in [0.25, 0.3) is 0 Å². The lowest BCUT2D eigenvalue weighted by atomic mass is 9.91. The van der Waals surface area contributed by atoms with Gasteiger partial charge < -0.3 is 10.0 Å². The predicted molar refractivity (Wildman–Crippen MR) is 85.4 cm³/mol. The molecular weight excluding hydrogens is 246 g/mol. The number of aliphatic hydroxyl groups is 1. The van der Waals surface area contributed by atoms with Gasteiger partial charge >= 0.3 is 0 Å². The molecule has 0 aliphatic heterocycles. The molecule has 0 spiro atoms. The molecule has 1 unspecified atom stereocenters. The lowest BCUT2D eigenvalue weighted by molar-refractivity contribution is 0.0226. The topological polar surface area (TPSA) is 23.5 Å². The highest BCUT2D eigenvalue weighted by Gasteiger charge is 2.28. The SMILES string of the molecule is CC(C)C(C)(O)CN(c1ccccc1)c1ccccc1. The summed E-state index contributed by atoms with van der Waals surface area (Å²) in [5.41, 5.74) is 1.45. The zero-order valence-corrected chi connectivity index (χ0v) is 12.5. The summed E-state index contributed by atoms with van der Waals surface area (Å²) in [6.45, 7) is 6.57. The van der Waals surface area contributed by atoms with Gasteiger partial charge in [0, 0.05) is 11.4 Å². The molecule has 0 saturated heterocycles. The van der Waals surface area contributed by atoms with Gasteiger partial charge in [-0.05, 0) is 37.1 Å². The van der Waals surface area contributed by atoms with Crippen molar-refractivity contribution < 1.29 is 5.11 Å². The average molecular weight is 269 g/mol. The molecule has 1 atom stereocenters. The van der Waals surface area contributed by atoms with Crippen LogP contribution in [0.2, 0.25) is 0 Å². The van der Waals surface area contributed by atoms with Gasteiger partial charge in [0.1, 0.15) is 0 Å². The van der Waals surface area contributed by atoms with Crippen molar-refractivity contribution >= 4 is 11.4 Å². The molecule has 2 aromatic carbocycles. The Morgan fingerprint density at radius 2 is 1.30 bits per heavy atom. The number of hydrogen-bond donors (Lipinski definition) is 1. The zero-order chi connectivity index (χ0) is 14.6. The highest BCUT2D eigenvalue weighted by atomic mass is 16.3. The van der Waals surface area contributed by atoms with E-state index >= 15 is 0 Å². The lowest BCUT2D eigenvalue weighted by Crippen LogP contribution is -2.42. The number of hydrogen-bond acceptors (Lipinski definition) is 2. The third-order valence-electron chi connectivity index (χ3n) is 3.86. The molecule has 0 bridgehead atoms. The molecule has 0 aliphatic rings. The van der Waals surface area contributed by atoms with Crippen LogP contribution in [0.25, 0.3) is 0 Å². The average Bonchev–Trinajstić information content (AvgIpc) is 2.46. The molecule has 2 heteroatoms. The number of anilines is 2. The molecule has 0 saturated carbocycles. The van der Waals surface area contributed by atoms with E-state index in [1.165, 1.54) is 0 Å². The molecule has 1 N–H and O–H groups in total. The Bertz CT molecular complexity index is 480. The molecule has 20 heavy (non-hydrogen) atoms. The molecule has 0 amide bonds. The molecule has 0 aromatic heterocycles. The second-order valence-electron chi connectivity index (χ2n) is 5.77. The van der Waals surface area contributed by atoms with Crippen molar-refractivity contribution in [3.05, 3.63) is 60.7 Å². The fourth-order valence-corrected chi connectivity index (χ4v) is 2.05. The quantitative estimate of drug-likeness (QED) is 0.878. The minimum atomic E-state index is -0.744. The Morgan fingerprint density at radius 3 is 1.65 bits per heavy atom. The van der Waals surface area contributed by atoms with Crippen LogP contribution < -0.4 is 4.90 Å². The fraction of sp³-hybridized carbons (Fsp3) is 0.333. The second-order valence-corrected chi connectivity index (χ2v) is 5.77. The van der Waals surface area contributed by atoms with Crippen LogP contribution in [-0.2, 0) is 0 Å². The maximum absolute atomic E-state index is 10.6. The van der Waals surface area contributed by atoms with Crippen LogP contribution in [0.3, 0.4) is 0 Å². The van der Waals surface area contributed by atoms with E-state index < -0.39 is 5.60 Å². The van der Waals surface area contributed by atoms with Gasteiger partial charge in [0.15, 0.2) is 0 Å². The van der Waals surface area contributed by atoms with Gasteiger partial charge in [-0.1, -0.05) is 50.2 Å². The first-order valence-corrected chi connectivity index (χ1v) is 7.11. The zero-order valence-electron chi connectivity index (χ0n) is 12.5. The molecule has 2 rings (SSSR count). The van der Waals surface area contributed by atoms with E-state index in [0.29, 0.717) is 6.54 Å². The Morgan fingerprint density at radius 1 is 0.900 bits per heavy atom. The molecular formula is C18H23NO. The first-order chi connectivity index (χ1) is 9.50. The predicted octanol–water partition coefficient (Wildman–Crippen LogP) is 4.23. The lowest BCUT2D eigenvalue weighted by Gasteiger charge is -2.35. The standard InChI is InChI=1S/C18H23NO/c1-15(2)18(3,20)14-19(16-10-6-4-7-11-16)17-12-8-5-9-13-17/h4-13,15,20H,14H2,1-3H3. The van der Waals surface area contributed by atoms with Crippen LogP contribution in [0.5, 0.6) is 0 Å². The summed E-state index contributed by atoms with van der Waals surface area (Å²) in [4.78, 5) is 2.17. The van der Waals surface area contributed by atoms with Gasteiger partial charge in [0.2, 0.25) is 0 Å². The number of rotatable bonds is 5. The van der Waals surface area contributed by atoms with Crippen molar-refractivity contribution in [2.75, 3.05) is 11.4 Å². The van der Waals surface area contributed by atoms with E-state index in [1.807, 2.05) is 57.2 Å². The van der Waals surface area contributed by atoms with Crippen LogP contribution in [0.15, 0.2) is 60.7 Å². The van der Waals surface area contributed by atoms with E-state index in [-0.39, 0.29) is 5.92 Å². The van der Waals surface area contributed by atoms with E-state index in [9.17, 15) is 5.11 Å². The number of nitrogens with zero attached hydrogens (tertiary/aromatic N) is 1. The molecule has 106 valence electrons. The normalized spacial score (nSPS) is 14.1. The largest absolute Gasteiger partial charge is 0.388 e. The first kappa shape index (κ1) is 14.6. The summed E-state index contributed by atoms with van der Waals surface area (Å²) in [5, 5.41) is 10.6. The highest BCUT2D eigenvalue weighted by molar-refractivity contribution is 5.63. The van der Waals surface area contributed by atoms with Crippen LogP contribution in [0, 0.1) is 5.92 Å². The number of benzene rings is 2. The van der Waals surface area contributed by atoms with Crippen LogP contribution in [0.1, 0.15) is 20.8 Å². The monoisotopic (exact) mass is 269 g/mol. The van der Waals surface area contributed by atoms with Gasteiger partial charge in [-0.25, -0.2) is 0 Å². The minimum Gasteiger partial charge on any atom is -0.388 e. The maximum atomic E-state index is 10.6.